The smallest absolute Gasteiger partial charge is 0.227 e. The second-order valence-corrected chi connectivity index (χ2v) is 5.76. The fourth-order valence-electron chi connectivity index (χ4n) is 2.64. The van der Waals surface area contributed by atoms with Gasteiger partial charge in [-0.1, -0.05) is 42.5 Å². The van der Waals surface area contributed by atoms with Crippen molar-refractivity contribution < 1.29 is 4.79 Å². The molecule has 0 radical (unpaired) electrons. The molecule has 1 heterocycles. The van der Waals surface area contributed by atoms with Crippen LogP contribution in [0.4, 0.5) is 0 Å². The molecule has 0 aliphatic carbocycles. The van der Waals surface area contributed by atoms with E-state index in [0.717, 1.165) is 5.56 Å². The third kappa shape index (κ3) is 2.47. The maximum atomic E-state index is 12.1. The zero-order valence-corrected chi connectivity index (χ0v) is 11.1. The molecule has 0 unspecified atom stereocenters. The molecule has 98 valence electrons. The zero-order chi connectivity index (χ0) is 13.5. The highest BCUT2D eigenvalue weighted by molar-refractivity contribution is 5.85. The number of benzene rings is 2. The van der Waals surface area contributed by atoms with E-state index in [9.17, 15) is 4.79 Å². The SMILES string of the molecule is CC1(N)CN(C(=O)Cc2ccc3ccccc3c2)C1. The van der Waals surface area contributed by atoms with Gasteiger partial charge in [-0.3, -0.25) is 4.79 Å². The van der Waals surface area contributed by atoms with E-state index in [2.05, 4.69) is 24.3 Å². The van der Waals surface area contributed by atoms with Gasteiger partial charge in [0.1, 0.15) is 0 Å². The van der Waals surface area contributed by atoms with Crippen molar-refractivity contribution in [3.63, 3.8) is 0 Å². The molecular weight excluding hydrogens is 236 g/mol. The summed E-state index contributed by atoms with van der Waals surface area (Å²) in [6.07, 6.45) is 0.459. The van der Waals surface area contributed by atoms with Gasteiger partial charge in [0.15, 0.2) is 0 Å². The Morgan fingerprint density at radius 2 is 1.89 bits per heavy atom. The first-order valence-electron chi connectivity index (χ1n) is 6.58. The van der Waals surface area contributed by atoms with Crippen molar-refractivity contribution in [3.8, 4) is 0 Å². The first-order valence-corrected chi connectivity index (χ1v) is 6.58. The molecule has 3 heteroatoms. The van der Waals surface area contributed by atoms with Gasteiger partial charge >= 0.3 is 0 Å². The van der Waals surface area contributed by atoms with Crippen molar-refractivity contribution >= 4 is 16.7 Å². The Morgan fingerprint density at radius 1 is 1.21 bits per heavy atom. The quantitative estimate of drug-likeness (QED) is 0.890. The Labute approximate surface area is 113 Å². The van der Waals surface area contributed by atoms with E-state index in [1.807, 2.05) is 30.0 Å². The summed E-state index contributed by atoms with van der Waals surface area (Å²) < 4.78 is 0. The van der Waals surface area contributed by atoms with Crippen molar-refractivity contribution in [2.75, 3.05) is 13.1 Å². The highest BCUT2D eigenvalue weighted by Crippen LogP contribution is 2.20. The van der Waals surface area contributed by atoms with Crippen LogP contribution >= 0.6 is 0 Å². The van der Waals surface area contributed by atoms with Gasteiger partial charge in [0.05, 0.1) is 6.42 Å². The van der Waals surface area contributed by atoms with Gasteiger partial charge in [-0.15, -0.1) is 0 Å². The van der Waals surface area contributed by atoms with Crippen molar-refractivity contribution in [3.05, 3.63) is 48.0 Å². The van der Waals surface area contributed by atoms with E-state index < -0.39 is 0 Å². The van der Waals surface area contributed by atoms with Gasteiger partial charge < -0.3 is 10.6 Å². The van der Waals surface area contributed by atoms with E-state index in [-0.39, 0.29) is 11.4 Å². The third-order valence-corrected chi connectivity index (χ3v) is 3.63. The molecule has 3 rings (SSSR count). The topological polar surface area (TPSA) is 46.3 Å². The number of amides is 1. The number of carbonyl (C=O) groups excluding carboxylic acids is 1. The molecule has 2 aromatic rings. The maximum Gasteiger partial charge on any atom is 0.227 e. The number of fused-ring (bicyclic) bond motifs is 1. The summed E-state index contributed by atoms with van der Waals surface area (Å²) in [7, 11) is 0. The molecule has 2 N–H and O–H groups in total. The van der Waals surface area contributed by atoms with Crippen LogP contribution in [0.1, 0.15) is 12.5 Å². The monoisotopic (exact) mass is 254 g/mol. The first-order chi connectivity index (χ1) is 9.03. The number of hydrogen-bond donors (Lipinski definition) is 1. The number of nitrogens with zero attached hydrogens (tertiary/aromatic N) is 1. The molecule has 2 aromatic carbocycles. The Kier molecular flexibility index (Phi) is 2.79. The average Bonchev–Trinajstić information content (AvgIpc) is 2.35. The summed E-state index contributed by atoms with van der Waals surface area (Å²) >= 11 is 0. The Hall–Kier alpha value is -1.87. The molecule has 19 heavy (non-hydrogen) atoms. The Morgan fingerprint density at radius 3 is 2.58 bits per heavy atom. The number of rotatable bonds is 2. The van der Waals surface area contributed by atoms with Crippen LogP contribution in [0.15, 0.2) is 42.5 Å². The van der Waals surface area contributed by atoms with Crippen LogP contribution in [0.2, 0.25) is 0 Å². The lowest BCUT2D eigenvalue weighted by molar-refractivity contribution is -0.137. The van der Waals surface area contributed by atoms with Crippen LogP contribution in [0.25, 0.3) is 10.8 Å². The number of carbonyl (C=O) groups is 1. The minimum atomic E-state index is -0.195. The number of likely N-dealkylation sites (tertiary alicyclic amines) is 1. The fraction of sp³-hybridized carbons (Fsp3) is 0.312. The lowest BCUT2D eigenvalue weighted by atomic mass is 9.93. The standard InChI is InChI=1S/C16H18N2O/c1-16(17)10-18(11-16)15(19)9-12-6-7-13-4-2-3-5-14(13)8-12/h2-8H,9-11,17H2,1H3. The van der Waals surface area contributed by atoms with E-state index in [1.165, 1.54) is 10.8 Å². The van der Waals surface area contributed by atoms with E-state index in [0.29, 0.717) is 19.5 Å². The molecule has 0 spiro atoms. The molecule has 0 aromatic heterocycles. The van der Waals surface area contributed by atoms with E-state index in [4.69, 9.17) is 5.73 Å². The lowest BCUT2D eigenvalue weighted by Crippen LogP contribution is -2.67. The van der Waals surface area contributed by atoms with Gasteiger partial charge in [-0.2, -0.15) is 0 Å². The molecule has 1 aliphatic heterocycles. The van der Waals surface area contributed by atoms with Gasteiger partial charge in [-0.25, -0.2) is 0 Å². The summed E-state index contributed by atoms with van der Waals surface area (Å²) in [6, 6.07) is 14.4. The highest BCUT2D eigenvalue weighted by atomic mass is 16.2. The summed E-state index contributed by atoms with van der Waals surface area (Å²) in [5.41, 5.74) is 6.79. The largest absolute Gasteiger partial charge is 0.339 e. The number of hydrogen-bond acceptors (Lipinski definition) is 2. The van der Waals surface area contributed by atoms with Crippen LogP contribution in [0.5, 0.6) is 0 Å². The molecule has 3 nitrogen and oxygen atoms in total. The van der Waals surface area contributed by atoms with E-state index >= 15 is 0 Å². The van der Waals surface area contributed by atoms with Crippen molar-refractivity contribution in [2.24, 2.45) is 5.73 Å². The predicted octanol–water partition coefficient (Wildman–Crippen LogP) is 1.94. The molecule has 0 atom stereocenters. The first kappa shape index (κ1) is 12.2. The second kappa shape index (κ2) is 4.35. The minimum Gasteiger partial charge on any atom is -0.339 e. The average molecular weight is 254 g/mol. The lowest BCUT2D eigenvalue weighted by Gasteiger charge is -2.45. The van der Waals surface area contributed by atoms with Crippen molar-refractivity contribution in [1.29, 1.82) is 0 Å². The van der Waals surface area contributed by atoms with Crippen LogP contribution in [-0.2, 0) is 11.2 Å². The summed E-state index contributed by atoms with van der Waals surface area (Å²) in [4.78, 5) is 13.9. The van der Waals surface area contributed by atoms with Crippen LogP contribution in [-0.4, -0.2) is 29.4 Å². The molecular formula is C16H18N2O. The molecule has 1 aliphatic rings. The van der Waals surface area contributed by atoms with E-state index in [1.54, 1.807) is 0 Å². The summed E-state index contributed by atoms with van der Waals surface area (Å²) in [5.74, 6) is 0.165. The zero-order valence-electron chi connectivity index (χ0n) is 11.1. The Balaban J connectivity index is 1.73. The van der Waals surface area contributed by atoms with Gasteiger partial charge in [-0.05, 0) is 23.3 Å². The molecule has 1 amide bonds. The van der Waals surface area contributed by atoms with Crippen LogP contribution in [0.3, 0.4) is 0 Å². The fourth-order valence-corrected chi connectivity index (χ4v) is 2.64. The summed E-state index contributed by atoms with van der Waals surface area (Å²) in [5, 5.41) is 2.39. The van der Waals surface area contributed by atoms with Gasteiger partial charge in [0.2, 0.25) is 5.91 Å². The Bertz CT molecular complexity index is 625. The molecule has 1 fully saturated rings. The van der Waals surface area contributed by atoms with Gasteiger partial charge in [0, 0.05) is 18.6 Å². The normalized spacial score (nSPS) is 17.3. The molecule has 0 saturated carbocycles. The van der Waals surface area contributed by atoms with Crippen LogP contribution < -0.4 is 5.73 Å². The van der Waals surface area contributed by atoms with Crippen molar-refractivity contribution in [2.45, 2.75) is 18.9 Å². The minimum absolute atomic E-state index is 0.165. The third-order valence-electron chi connectivity index (χ3n) is 3.63. The molecule has 0 bridgehead atoms. The summed E-state index contributed by atoms with van der Waals surface area (Å²) in [6.45, 7) is 3.31. The predicted molar refractivity (Wildman–Crippen MR) is 76.8 cm³/mol. The number of nitrogens with two attached hydrogens (primary N) is 1. The van der Waals surface area contributed by atoms with Crippen LogP contribution in [0, 0.1) is 0 Å². The molecule has 1 saturated heterocycles. The van der Waals surface area contributed by atoms with Gasteiger partial charge in [0.25, 0.3) is 0 Å². The highest BCUT2D eigenvalue weighted by Gasteiger charge is 2.37. The maximum absolute atomic E-state index is 12.1. The second-order valence-electron chi connectivity index (χ2n) is 5.76. The van der Waals surface area contributed by atoms with Crippen molar-refractivity contribution in [1.82, 2.24) is 4.90 Å².